The number of pyridine rings is 1. The first kappa shape index (κ1) is 25.0. The van der Waals surface area contributed by atoms with Crippen LogP contribution in [0.3, 0.4) is 0 Å². The Morgan fingerprint density at radius 1 is 1.06 bits per heavy atom. The maximum absolute atomic E-state index is 14.5. The lowest BCUT2D eigenvalue weighted by atomic mass is 10.1. The largest absolute Gasteiger partial charge is 0.455 e. The number of hydrogen-bond donors (Lipinski definition) is 1. The molecule has 1 amide bonds. The summed E-state index contributed by atoms with van der Waals surface area (Å²) in [6, 6.07) is 5.49. The lowest BCUT2D eigenvalue weighted by molar-refractivity contribution is -0.0920. The third-order valence-electron chi connectivity index (χ3n) is 4.76. The van der Waals surface area contributed by atoms with Crippen LogP contribution in [0.5, 0.6) is 11.5 Å². The fourth-order valence-corrected chi connectivity index (χ4v) is 4.19. The van der Waals surface area contributed by atoms with Gasteiger partial charge in [0.2, 0.25) is 0 Å². The first-order chi connectivity index (χ1) is 15.8. The quantitative estimate of drug-likeness (QED) is 0.358. The van der Waals surface area contributed by atoms with Crippen molar-refractivity contribution in [2.45, 2.75) is 19.8 Å². The van der Waals surface area contributed by atoms with Crippen molar-refractivity contribution in [2.75, 3.05) is 39.6 Å². The van der Waals surface area contributed by atoms with Crippen LogP contribution in [-0.2, 0) is 20.1 Å². The molecule has 0 saturated heterocycles. The zero-order chi connectivity index (χ0) is 23.8. The molecular formula is C23H26F2N2O5S. The lowest BCUT2D eigenvalue weighted by Crippen LogP contribution is -2.22. The van der Waals surface area contributed by atoms with E-state index in [9.17, 15) is 13.6 Å². The van der Waals surface area contributed by atoms with E-state index in [1.54, 1.807) is 13.1 Å². The Kier molecular flexibility index (Phi) is 8.67. The number of fused-ring (bicyclic) bond motifs is 1. The summed E-state index contributed by atoms with van der Waals surface area (Å²) in [5.74, 6) is -2.91. The number of halogens is 2. The highest BCUT2D eigenvalue weighted by molar-refractivity contribution is 7.21. The van der Waals surface area contributed by atoms with Crippen molar-refractivity contribution in [3.8, 4) is 11.5 Å². The van der Waals surface area contributed by atoms with Gasteiger partial charge in [0.25, 0.3) is 11.8 Å². The van der Waals surface area contributed by atoms with Gasteiger partial charge in [-0.25, -0.2) is 0 Å². The topological polar surface area (TPSA) is 92.9 Å². The number of aromatic nitrogens is 1. The zero-order valence-electron chi connectivity index (χ0n) is 18.4. The number of amides is 1. The summed E-state index contributed by atoms with van der Waals surface area (Å²) >= 11 is 1.23. The van der Waals surface area contributed by atoms with Gasteiger partial charge in [0, 0.05) is 23.8 Å². The monoisotopic (exact) mass is 480 g/mol. The summed E-state index contributed by atoms with van der Waals surface area (Å²) in [5, 5.41) is 0.718. The number of aryl methyl sites for hydroxylation is 1. The third kappa shape index (κ3) is 6.44. The van der Waals surface area contributed by atoms with Gasteiger partial charge in [-0.05, 0) is 43.7 Å². The summed E-state index contributed by atoms with van der Waals surface area (Å²) < 4.78 is 51.0. The van der Waals surface area contributed by atoms with Crippen LogP contribution < -0.4 is 10.5 Å². The van der Waals surface area contributed by atoms with Gasteiger partial charge in [0.15, 0.2) is 5.75 Å². The van der Waals surface area contributed by atoms with E-state index in [0.29, 0.717) is 41.8 Å². The fraction of sp³-hybridized carbons (Fsp3) is 0.391. The van der Waals surface area contributed by atoms with Gasteiger partial charge in [0.05, 0.1) is 42.2 Å². The van der Waals surface area contributed by atoms with Crippen LogP contribution in [0.4, 0.5) is 8.78 Å². The highest BCUT2D eigenvalue weighted by atomic mass is 32.1. The van der Waals surface area contributed by atoms with Crippen molar-refractivity contribution in [3.05, 3.63) is 52.7 Å². The minimum Gasteiger partial charge on any atom is -0.455 e. The molecule has 33 heavy (non-hydrogen) atoms. The van der Waals surface area contributed by atoms with Crippen LogP contribution in [0.25, 0.3) is 10.1 Å². The maximum atomic E-state index is 14.5. The summed E-state index contributed by atoms with van der Waals surface area (Å²) in [6.07, 6.45) is 3.14. The Bertz CT molecular complexity index is 1070. The summed E-state index contributed by atoms with van der Waals surface area (Å²) in [6.45, 7) is 4.65. The average molecular weight is 481 g/mol. The van der Waals surface area contributed by atoms with Crippen LogP contribution >= 0.6 is 11.3 Å². The number of rotatable bonds is 13. The van der Waals surface area contributed by atoms with Crippen molar-refractivity contribution >= 4 is 27.3 Å². The lowest BCUT2D eigenvalue weighted by Gasteiger charge is -2.17. The second-order valence-electron chi connectivity index (χ2n) is 7.12. The molecule has 0 spiro atoms. The summed E-state index contributed by atoms with van der Waals surface area (Å²) in [7, 11) is 0. The second-order valence-corrected chi connectivity index (χ2v) is 8.18. The number of nitrogens with two attached hydrogens (primary N) is 1. The van der Waals surface area contributed by atoms with Crippen molar-refractivity contribution in [2.24, 2.45) is 5.73 Å². The predicted molar refractivity (Wildman–Crippen MR) is 121 cm³/mol. The molecule has 1 aromatic carbocycles. The number of carbonyl (C=O) groups is 1. The molecule has 3 rings (SSSR count). The molecule has 3 aromatic rings. The minimum atomic E-state index is -3.16. The van der Waals surface area contributed by atoms with Crippen LogP contribution in [0.2, 0.25) is 0 Å². The predicted octanol–water partition coefficient (Wildman–Crippen LogP) is 4.66. The molecule has 0 unspecified atom stereocenters. The fourth-order valence-electron chi connectivity index (χ4n) is 3.14. The van der Waals surface area contributed by atoms with Crippen LogP contribution in [0.1, 0.15) is 27.7 Å². The van der Waals surface area contributed by atoms with Gasteiger partial charge >= 0.3 is 0 Å². The van der Waals surface area contributed by atoms with E-state index in [2.05, 4.69) is 4.98 Å². The molecule has 0 bridgehead atoms. The number of primary amides is 1. The molecule has 0 aliphatic carbocycles. The van der Waals surface area contributed by atoms with E-state index in [0.717, 1.165) is 10.1 Å². The van der Waals surface area contributed by atoms with Gasteiger partial charge in [-0.1, -0.05) is 0 Å². The normalized spacial score (nSPS) is 11.8. The van der Waals surface area contributed by atoms with E-state index >= 15 is 0 Å². The highest BCUT2D eigenvalue weighted by Gasteiger charge is 2.32. The van der Waals surface area contributed by atoms with E-state index in [1.807, 2.05) is 6.92 Å². The second kappa shape index (κ2) is 11.5. The molecule has 0 saturated carbocycles. The molecule has 10 heteroatoms. The number of hydrogen-bond acceptors (Lipinski definition) is 7. The molecule has 0 aliphatic heterocycles. The van der Waals surface area contributed by atoms with Crippen molar-refractivity contribution < 1.29 is 32.5 Å². The van der Waals surface area contributed by atoms with E-state index < -0.39 is 18.4 Å². The number of ether oxygens (including phenoxy) is 4. The van der Waals surface area contributed by atoms with Gasteiger partial charge in [0.1, 0.15) is 12.4 Å². The van der Waals surface area contributed by atoms with E-state index in [4.69, 9.17) is 24.7 Å². The van der Waals surface area contributed by atoms with E-state index in [-0.39, 0.29) is 18.8 Å². The van der Waals surface area contributed by atoms with Crippen molar-refractivity contribution in [3.63, 3.8) is 0 Å². The Hall–Kier alpha value is -2.66. The average Bonchev–Trinajstić information content (AvgIpc) is 3.14. The van der Waals surface area contributed by atoms with Crippen LogP contribution in [-0.4, -0.2) is 50.5 Å². The highest BCUT2D eigenvalue weighted by Crippen LogP contribution is 2.38. The number of carbonyl (C=O) groups excluding carboxylic acids is 1. The van der Waals surface area contributed by atoms with Crippen molar-refractivity contribution in [1.82, 2.24) is 4.98 Å². The minimum absolute atomic E-state index is 0.0627. The Labute approximate surface area is 194 Å². The SMILES string of the molecule is CCOCCOCCOCC(F)(F)c1ccc(Oc2cncc3sc(C(N)=O)c(C)c23)cc1. The van der Waals surface area contributed by atoms with Crippen molar-refractivity contribution in [1.29, 1.82) is 0 Å². The molecule has 0 atom stereocenters. The molecule has 0 fully saturated rings. The Morgan fingerprint density at radius 3 is 2.39 bits per heavy atom. The summed E-state index contributed by atoms with van der Waals surface area (Å²) in [4.78, 5) is 16.2. The number of thiophene rings is 1. The van der Waals surface area contributed by atoms with Gasteiger partial charge in [-0.2, -0.15) is 8.78 Å². The number of alkyl halides is 2. The molecule has 0 radical (unpaired) electrons. The van der Waals surface area contributed by atoms with Gasteiger partial charge in [-0.15, -0.1) is 11.3 Å². The first-order valence-corrected chi connectivity index (χ1v) is 11.2. The molecule has 7 nitrogen and oxygen atoms in total. The van der Waals surface area contributed by atoms with Gasteiger partial charge < -0.3 is 24.7 Å². The van der Waals surface area contributed by atoms with E-state index in [1.165, 1.54) is 41.8 Å². The molecule has 2 N–H and O–H groups in total. The molecule has 2 heterocycles. The van der Waals surface area contributed by atoms with Crippen LogP contribution in [0.15, 0.2) is 36.7 Å². The first-order valence-electron chi connectivity index (χ1n) is 10.4. The maximum Gasteiger partial charge on any atom is 0.296 e. The molecule has 178 valence electrons. The standard InChI is InChI=1S/C23H26F2N2O5S/c1-3-29-8-9-30-10-11-31-14-23(24,25)16-4-6-17(7-5-16)32-18-12-27-13-19-20(18)15(2)21(33-19)22(26)28/h4-7,12-13H,3,8-11,14H2,1-2H3,(H2,26,28). The summed E-state index contributed by atoms with van der Waals surface area (Å²) in [5.41, 5.74) is 5.94. The Morgan fingerprint density at radius 2 is 1.73 bits per heavy atom. The Balaban J connectivity index is 1.59. The molecule has 0 aliphatic rings. The molecule has 2 aromatic heterocycles. The third-order valence-corrected chi connectivity index (χ3v) is 6.00. The number of nitrogens with zero attached hydrogens (tertiary/aromatic N) is 1. The van der Waals surface area contributed by atoms with Crippen LogP contribution in [0, 0.1) is 6.92 Å². The zero-order valence-corrected chi connectivity index (χ0v) is 19.3. The smallest absolute Gasteiger partial charge is 0.296 e. The van der Waals surface area contributed by atoms with Gasteiger partial charge in [-0.3, -0.25) is 9.78 Å². The molecular weight excluding hydrogens is 454 g/mol. The number of benzene rings is 1.